The Bertz CT molecular complexity index is 723. The van der Waals surface area contributed by atoms with E-state index in [1.165, 1.54) is 9.21 Å². The summed E-state index contributed by atoms with van der Waals surface area (Å²) in [6.45, 7) is 6.49. The van der Waals surface area contributed by atoms with Crippen LogP contribution in [0.4, 0.5) is 4.79 Å². The van der Waals surface area contributed by atoms with Gasteiger partial charge < -0.3 is 9.64 Å². The Balaban J connectivity index is 2.09. The summed E-state index contributed by atoms with van der Waals surface area (Å²) in [4.78, 5) is 13.8. The number of benzene rings is 1. The van der Waals surface area contributed by atoms with Crippen LogP contribution in [0.1, 0.15) is 20.8 Å². The van der Waals surface area contributed by atoms with Crippen molar-refractivity contribution in [3.63, 3.8) is 0 Å². The van der Waals surface area contributed by atoms with Crippen LogP contribution in [0.25, 0.3) is 0 Å². The fourth-order valence-electron chi connectivity index (χ4n) is 2.25. The van der Waals surface area contributed by atoms with Gasteiger partial charge in [0.05, 0.1) is 4.90 Å². The maximum atomic E-state index is 12.8. The van der Waals surface area contributed by atoms with E-state index in [1.807, 2.05) is 0 Å². The predicted molar refractivity (Wildman–Crippen MR) is 98.4 cm³/mol. The molecule has 1 aromatic rings. The highest BCUT2D eigenvalue weighted by molar-refractivity contribution is 9.11. The lowest BCUT2D eigenvalue weighted by atomic mass is 10.2. The first-order valence-electron chi connectivity index (χ1n) is 7.44. The Morgan fingerprint density at radius 2 is 1.71 bits per heavy atom. The second kappa shape index (κ2) is 7.31. The predicted octanol–water partition coefficient (Wildman–Crippen LogP) is 3.45. The van der Waals surface area contributed by atoms with Crippen molar-refractivity contribution in [2.75, 3.05) is 26.2 Å². The van der Waals surface area contributed by atoms with Crippen molar-refractivity contribution in [1.82, 2.24) is 9.21 Å². The van der Waals surface area contributed by atoms with Crippen molar-refractivity contribution in [2.24, 2.45) is 0 Å². The van der Waals surface area contributed by atoms with Gasteiger partial charge in [0.25, 0.3) is 0 Å². The molecule has 0 radical (unpaired) electrons. The van der Waals surface area contributed by atoms with Gasteiger partial charge in [-0.2, -0.15) is 4.31 Å². The summed E-state index contributed by atoms with van der Waals surface area (Å²) in [7, 11) is -3.62. The number of sulfonamides is 1. The van der Waals surface area contributed by atoms with E-state index in [2.05, 4.69) is 31.9 Å². The van der Waals surface area contributed by atoms with Crippen LogP contribution in [-0.4, -0.2) is 55.5 Å². The van der Waals surface area contributed by atoms with Crippen LogP contribution in [0, 0.1) is 0 Å². The Hall–Kier alpha value is -0.640. The maximum Gasteiger partial charge on any atom is 0.410 e. The molecule has 0 bridgehead atoms. The second-order valence-electron chi connectivity index (χ2n) is 6.45. The summed E-state index contributed by atoms with van der Waals surface area (Å²) in [5.74, 6) is 0. The molecule has 24 heavy (non-hydrogen) atoms. The summed E-state index contributed by atoms with van der Waals surface area (Å²) < 4.78 is 33.5. The van der Waals surface area contributed by atoms with Crippen molar-refractivity contribution in [3.8, 4) is 0 Å². The van der Waals surface area contributed by atoms with Crippen LogP contribution < -0.4 is 0 Å². The van der Waals surface area contributed by atoms with Gasteiger partial charge in [-0.1, -0.05) is 15.9 Å². The molecule has 9 heteroatoms. The minimum Gasteiger partial charge on any atom is -0.444 e. The summed E-state index contributed by atoms with van der Waals surface area (Å²) in [6.07, 6.45) is -0.414. The lowest BCUT2D eigenvalue weighted by molar-refractivity contribution is 0.0192. The van der Waals surface area contributed by atoms with E-state index < -0.39 is 21.7 Å². The highest BCUT2D eigenvalue weighted by Crippen LogP contribution is 2.29. The highest BCUT2D eigenvalue weighted by atomic mass is 79.9. The lowest BCUT2D eigenvalue weighted by Gasteiger charge is -2.35. The zero-order valence-corrected chi connectivity index (χ0v) is 17.7. The fourth-order valence-corrected chi connectivity index (χ4v) is 5.14. The van der Waals surface area contributed by atoms with E-state index in [0.717, 1.165) is 0 Å². The number of halogens is 2. The number of ether oxygens (including phenoxy) is 1. The van der Waals surface area contributed by atoms with E-state index in [4.69, 9.17) is 4.74 Å². The van der Waals surface area contributed by atoms with Crippen LogP contribution in [0.3, 0.4) is 0 Å². The van der Waals surface area contributed by atoms with Gasteiger partial charge in [0, 0.05) is 35.1 Å². The van der Waals surface area contributed by atoms with Crippen molar-refractivity contribution in [1.29, 1.82) is 0 Å². The van der Waals surface area contributed by atoms with Gasteiger partial charge in [0.1, 0.15) is 5.60 Å². The fraction of sp³-hybridized carbons (Fsp3) is 0.533. The summed E-state index contributed by atoms with van der Waals surface area (Å²) in [5, 5.41) is 0. The van der Waals surface area contributed by atoms with Gasteiger partial charge in [-0.15, -0.1) is 0 Å². The molecule has 0 aliphatic carbocycles. The van der Waals surface area contributed by atoms with Gasteiger partial charge >= 0.3 is 6.09 Å². The van der Waals surface area contributed by atoms with Gasteiger partial charge in [-0.3, -0.25) is 0 Å². The minimum absolute atomic E-state index is 0.211. The number of hydrogen-bond donors (Lipinski definition) is 0. The molecule has 1 aliphatic rings. The molecule has 0 saturated carbocycles. The molecule has 1 saturated heterocycles. The number of piperazine rings is 1. The number of amides is 1. The Morgan fingerprint density at radius 1 is 1.12 bits per heavy atom. The molecule has 0 aromatic heterocycles. The molecule has 1 amide bonds. The van der Waals surface area contributed by atoms with Crippen molar-refractivity contribution in [3.05, 3.63) is 27.1 Å². The zero-order chi connectivity index (χ0) is 18.1. The highest BCUT2D eigenvalue weighted by Gasteiger charge is 2.32. The summed E-state index contributed by atoms with van der Waals surface area (Å²) >= 11 is 6.59. The van der Waals surface area contributed by atoms with E-state index in [1.54, 1.807) is 39.0 Å². The molecule has 6 nitrogen and oxygen atoms in total. The Morgan fingerprint density at radius 3 is 2.25 bits per heavy atom. The van der Waals surface area contributed by atoms with Gasteiger partial charge in [0.15, 0.2) is 0 Å². The third-order valence-corrected chi connectivity index (χ3v) is 6.79. The minimum atomic E-state index is -3.62. The third-order valence-electron chi connectivity index (χ3n) is 3.40. The zero-order valence-electron chi connectivity index (χ0n) is 13.8. The van der Waals surface area contributed by atoms with Crippen LogP contribution in [-0.2, 0) is 14.8 Å². The van der Waals surface area contributed by atoms with E-state index in [-0.39, 0.29) is 18.0 Å². The van der Waals surface area contributed by atoms with Crippen LogP contribution in [0.5, 0.6) is 0 Å². The molecule has 1 aliphatic heterocycles. The standard InChI is InChI=1S/C15H20Br2N2O4S/c1-15(2,3)23-14(20)18-6-8-19(9-7-18)24(21,22)13-10-11(16)4-5-12(13)17/h4-5,10H,6-9H2,1-3H3. The molecule has 1 aromatic carbocycles. The van der Waals surface area contributed by atoms with Gasteiger partial charge in [0.2, 0.25) is 10.0 Å². The largest absolute Gasteiger partial charge is 0.444 e. The molecule has 1 fully saturated rings. The summed E-state index contributed by atoms with van der Waals surface area (Å²) in [5.41, 5.74) is -0.568. The number of hydrogen-bond acceptors (Lipinski definition) is 4. The first-order valence-corrected chi connectivity index (χ1v) is 10.5. The smallest absolute Gasteiger partial charge is 0.410 e. The normalized spacial score (nSPS) is 17.0. The molecule has 0 N–H and O–H groups in total. The monoisotopic (exact) mass is 482 g/mol. The molecular weight excluding hydrogens is 464 g/mol. The van der Waals surface area contributed by atoms with E-state index >= 15 is 0 Å². The van der Waals surface area contributed by atoms with Crippen LogP contribution >= 0.6 is 31.9 Å². The number of rotatable bonds is 2. The molecule has 2 rings (SSSR count). The first-order chi connectivity index (χ1) is 11.0. The lowest BCUT2D eigenvalue weighted by Crippen LogP contribution is -2.51. The van der Waals surface area contributed by atoms with Crippen molar-refractivity contribution >= 4 is 48.0 Å². The Labute approximate surface area is 159 Å². The second-order valence-corrected chi connectivity index (χ2v) is 10.1. The molecule has 0 atom stereocenters. The van der Waals surface area contributed by atoms with E-state index in [0.29, 0.717) is 22.0 Å². The van der Waals surface area contributed by atoms with E-state index in [9.17, 15) is 13.2 Å². The molecular formula is C15H20Br2N2O4S. The van der Waals surface area contributed by atoms with Crippen molar-refractivity contribution in [2.45, 2.75) is 31.3 Å². The third kappa shape index (κ3) is 4.71. The van der Waals surface area contributed by atoms with Crippen molar-refractivity contribution < 1.29 is 17.9 Å². The van der Waals surface area contributed by atoms with Gasteiger partial charge in [-0.25, -0.2) is 13.2 Å². The molecule has 134 valence electrons. The van der Waals surface area contributed by atoms with Crippen LogP contribution in [0.15, 0.2) is 32.0 Å². The average Bonchev–Trinajstić information content (AvgIpc) is 2.48. The SMILES string of the molecule is CC(C)(C)OC(=O)N1CCN(S(=O)(=O)c2cc(Br)ccc2Br)CC1. The molecule has 0 spiro atoms. The Kier molecular flexibility index (Phi) is 5.99. The average molecular weight is 484 g/mol. The quantitative estimate of drug-likeness (QED) is 0.646. The molecule has 0 unspecified atom stereocenters. The first kappa shape index (κ1) is 19.7. The van der Waals surface area contributed by atoms with Crippen LogP contribution in [0.2, 0.25) is 0 Å². The topological polar surface area (TPSA) is 66.9 Å². The number of nitrogens with zero attached hydrogens (tertiary/aromatic N) is 2. The van der Waals surface area contributed by atoms with Gasteiger partial charge in [-0.05, 0) is 54.9 Å². The molecule has 1 heterocycles. The maximum absolute atomic E-state index is 12.8. The number of carbonyl (C=O) groups is 1. The summed E-state index contributed by atoms with van der Waals surface area (Å²) in [6, 6.07) is 5.02. The number of carbonyl (C=O) groups excluding carboxylic acids is 1.